The number of pyridine rings is 1. The molecule has 2 amide bonds. The number of alkyl halides is 3. The molecule has 0 saturated heterocycles. The second-order valence-electron chi connectivity index (χ2n) is 8.90. The van der Waals surface area contributed by atoms with Gasteiger partial charge in [-0.3, -0.25) is 9.78 Å². The summed E-state index contributed by atoms with van der Waals surface area (Å²) in [6, 6.07) is 24.0. The molecular weight excluding hydrogens is 555 g/mol. The Hall–Kier alpha value is -5.03. The first-order valence-corrected chi connectivity index (χ1v) is 13.6. The van der Waals surface area contributed by atoms with E-state index in [1.807, 2.05) is 4.72 Å². The molecular formula is C30H20F3N3O4S. The zero-order valence-electron chi connectivity index (χ0n) is 21.0. The van der Waals surface area contributed by atoms with Crippen LogP contribution in [0.1, 0.15) is 21.5 Å². The van der Waals surface area contributed by atoms with Crippen molar-refractivity contribution < 1.29 is 31.2 Å². The maximum Gasteiger partial charge on any atom is 0.418 e. The number of carbonyl (C=O) groups is 2. The van der Waals surface area contributed by atoms with Crippen LogP contribution in [0.3, 0.4) is 0 Å². The molecule has 7 nitrogen and oxygen atoms in total. The van der Waals surface area contributed by atoms with Gasteiger partial charge in [0, 0.05) is 34.0 Å². The third-order valence-electron chi connectivity index (χ3n) is 6.17. The molecule has 1 aromatic heterocycles. The highest BCUT2D eigenvalue weighted by atomic mass is 32.2. The molecule has 1 heterocycles. The zero-order valence-corrected chi connectivity index (χ0v) is 21.8. The second-order valence-corrected chi connectivity index (χ2v) is 10.6. The molecule has 11 heteroatoms. The lowest BCUT2D eigenvalue weighted by atomic mass is 9.91. The number of urea groups is 1. The van der Waals surface area contributed by atoms with Crippen LogP contribution < -0.4 is 10.0 Å². The number of amides is 2. The number of anilines is 1. The highest BCUT2D eigenvalue weighted by molar-refractivity contribution is 7.90. The number of carbonyl (C=O) groups excluding carboxylic acids is 2. The standard InChI is InChI=1S/C30H20F3N3O4S/c31-30(32,33)25-16-8-15-23-26(24(18-34-27(23)25)28(37)19-9-3-1-4-10-19)20-11-7-12-21(17-20)35-29(38)36-41(39,40)22-13-5-2-6-14-22/h1-18H,(H2,35,36,38). The van der Waals surface area contributed by atoms with Crippen LogP contribution in [0.25, 0.3) is 22.0 Å². The van der Waals surface area contributed by atoms with Crippen molar-refractivity contribution >= 4 is 38.4 Å². The minimum Gasteiger partial charge on any atom is -0.307 e. The Morgan fingerprint density at radius 2 is 1.44 bits per heavy atom. The largest absolute Gasteiger partial charge is 0.418 e. The van der Waals surface area contributed by atoms with Gasteiger partial charge in [-0.1, -0.05) is 72.8 Å². The lowest BCUT2D eigenvalue weighted by Gasteiger charge is -2.16. The average Bonchev–Trinajstić information content (AvgIpc) is 2.96. The van der Waals surface area contributed by atoms with Gasteiger partial charge in [0.15, 0.2) is 5.78 Å². The zero-order chi connectivity index (χ0) is 29.2. The van der Waals surface area contributed by atoms with Crippen molar-refractivity contribution in [2.24, 2.45) is 0 Å². The molecule has 0 spiro atoms. The summed E-state index contributed by atoms with van der Waals surface area (Å²) in [5.74, 6) is -0.461. The van der Waals surface area contributed by atoms with Crippen LogP contribution in [-0.4, -0.2) is 25.2 Å². The topological polar surface area (TPSA) is 105 Å². The van der Waals surface area contributed by atoms with E-state index in [-0.39, 0.29) is 32.6 Å². The molecule has 2 N–H and O–H groups in total. The molecule has 206 valence electrons. The van der Waals surface area contributed by atoms with Crippen molar-refractivity contribution in [1.29, 1.82) is 0 Å². The van der Waals surface area contributed by atoms with Crippen LogP contribution >= 0.6 is 0 Å². The van der Waals surface area contributed by atoms with Gasteiger partial charge < -0.3 is 5.32 Å². The molecule has 0 aliphatic carbocycles. The molecule has 0 bridgehead atoms. The monoisotopic (exact) mass is 575 g/mol. The second kappa shape index (κ2) is 10.9. The molecule has 5 rings (SSSR count). The number of benzene rings is 4. The summed E-state index contributed by atoms with van der Waals surface area (Å²) in [6.45, 7) is 0. The van der Waals surface area contributed by atoms with E-state index < -0.39 is 33.6 Å². The minimum absolute atomic E-state index is 0.0521. The van der Waals surface area contributed by atoms with Crippen molar-refractivity contribution in [1.82, 2.24) is 9.71 Å². The van der Waals surface area contributed by atoms with Gasteiger partial charge in [0.25, 0.3) is 10.0 Å². The Balaban J connectivity index is 1.59. The van der Waals surface area contributed by atoms with Crippen molar-refractivity contribution in [3.63, 3.8) is 0 Å². The van der Waals surface area contributed by atoms with Gasteiger partial charge in [-0.2, -0.15) is 13.2 Å². The van der Waals surface area contributed by atoms with E-state index in [0.29, 0.717) is 11.1 Å². The first kappa shape index (κ1) is 27.5. The van der Waals surface area contributed by atoms with E-state index in [1.54, 1.807) is 42.5 Å². The summed E-state index contributed by atoms with van der Waals surface area (Å²) in [5.41, 5.74) is -0.328. The number of hydrogen-bond donors (Lipinski definition) is 2. The highest BCUT2D eigenvalue weighted by Gasteiger charge is 2.34. The fourth-order valence-electron chi connectivity index (χ4n) is 4.37. The minimum atomic E-state index is -4.69. The van der Waals surface area contributed by atoms with Crippen molar-refractivity contribution in [2.75, 3.05) is 5.32 Å². The van der Waals surface area contributed by atoms with Crippen LogP contribution in [0.15, 0.2) is 114 Å². The number of nitrogens with one attached hydrogen (secondary N) is 2. The number of para-hydroxylation sites is 1. The number of halogens is 3. The molecule has 0 radical (unpaired) electrons. The summed E-state index contributed by atoms with van der Waals surface area (Å²) in [4.78, 5) is 30.0. The van der Waals surface area contributed by atoms with Crippen LogP contribution in [0.5, 0.6) is 0 Å². The molecule has 41 heavy (non-hydrogen) atoms. The van der Waals surface area contributed by atoms with Gasteiger partial charge in [0.1, 0.15) is 0 Å². The summed E-state index contributed by atoms with van der Waals surface area (Å²) in [6.07, 6.45) is -3.58. The number of rotatable bonds is 6. The lowest BCUT2D eigenvalue weighted by Crippen LogP contribution is -2.34. The fraction of sp³-hybridized carbons (Fsp3) is 0.0333. The lowest BCUT2D eigenvalue weighted by molar-refractivity contribution is -0.136. The Bertz CT molecular complexity index is 1880. The molecule has 5 aromatic rings. The number of aromatic nitrogens is 1. The number of hydrogen-bond acceptors (Lipinski definition) is 5. The molecule has 4 aromatic carbocycles. The molecule has 0 saturated carbocycles. The summed E-state index contributed by atoms with van der Waals surface area (Å²) in [5, 5.41) is 2.51. The Kier molecular flexibility index (Phi) is 7.29. The van der Waals surface area contributed by atoms with E-state index in [0.717, 1.165) is 12.3 Å². The van der Waals surface area contributed by atoms with E-state index >= 15 is 0 Å². The number of nitrogens with zero attached hydrogens (tertiary/aromatic N) is 1. The third kappa shape index (κ3) is 5.80. The highest BCUT2D eigenvalue weighted by Crippen LogP contribution is 2.39. The predicted octanol–water partition coefficient (Wildman–Crippen LogP) is 6.66. The first-order chi connectivity index (χ1) is 19.5. The van der Waals surface area contributed by atoms with E-state index in [2.05, 4.69) is 10.3 Å². The van der Waals surface area contributed by atoms with Gasteiger partial charge in [0.2, 0.25) is 0 Å². The Labute approximate surface area is 232 Å². The van der Waals surface area contributed by atoms with Crippen molar-refractivity contribution in [3.8, 4) is 11.1 Å². The fourth-order valence-corrected chi connectivity index (χ4v) is 5.30. The van der Waals surface area contributed by atoms with Gasteiger partial charge in [0.05, 0.1) is 16.0 Å². The molecule has 0 atom stereocenters. The number of ketones is 1. The quantitative estimate of drug-likeness (QED) is 0.220. The Morgan fingerprint density at radius 3 is 2.12 bits per heavy atom. The third-order valence-corrected chi connectivity index (χ3v) is 7.52. The molecule has 0 fully saturated rings. The molecule has 0 aliphatic rings. The van der Waals surface area contributed by atoms with Crippen LogP contribution in [0.4, 0.5) is 23.7 Å². The molecule has 0 aliphatic heterocycles. The summed E-state index contributed by atoms with van der Waals surface area (Å²) < 4.78 is 68.5. The van der Waals surface area contributed by atoms with Crippen LogP contribution in [0.2, 0.25) is 0 Å². The van der Waals surface area contributed by atoms with Gasteiger partial charge in [-0.25, -0.2) is 17.9 Å². The SMILES string of the molecule is O=C(Nc1cccc(-c2c(C(=O)c3ccccc3)cnc3c(C(F)(F)F)cccc23)c1)NS(=O)(=O)c1ccccc1. The van der Waals surface area contributed by atoms with E-state index in [1.165, 1.54) is 54.6 Å². The van der Waals surface area contributed by atoms with E-state index in [4.69, 9.17) is 0 Å². The summed E-state index contributed by atoms with van der Waals surface area (Å²) >= 11 is 0. The van der Waals surface area contributed by atoms with Crippen LogP contribution in [0, 0.1) is 0 Å². The van der Waals surface area contributed by atoms with E-state index in [9.17, 15) is 31.2 Å². The first-order valence-electron chi connectivity index (χ1n) is 12.1. The van der Waals surface area contributed by atoms with Crippen molar-refractivity contribution in [2.45, 2.75) is 11.1 Å². The van der Waals surface area contributed by atoms with Gasteiger partial charge in [-0.15, -0.1) is 0 Å². The molecule has 0 unspecified atom stereocenters. The number of fused-ring (bicyclic) bond motifs is 1. The van der Waals surface area contributed by atoms with Gasteiger partial charge in [-0.05, 0) is 35.9 Å². The predicted molar refractivity (Wildman–Crippen MR) is 148 cm³/mol. The van der Waals surface area contributed by atoms with Crippen molar-refractivity contribution in [3.05, 3.63) is 126 Å². The normalized spacial score (nSPS) is 11.7. The maximum absolute atomic E-state index is 13.8. The number of sulfonamides is 1. The van der Waals surface area contributed by atoms with Crippen LogP contribution in [-0.2, 0) is 16.2 Å². The smallest absolute Gasteiger partial charge is 0.307 e. The van der Waals surface area contributed by atoms with Gasteiger partial charge >= 0.3 is 12.2 Å². The maximum atomic E-state index is 13.8. The summed E-state index contributed by atoms with van der Waals surface area (Å²) in [7, 11) is -4.16. The average molecular weight is 576 g/mol. The Morgan fingerprint density at radius 1 is 0.780 bits per heavy atom.